The van der Waals surface area contributed by atoms with Crippen LogP contribution in [0.2, 0.25) is 0 Å². The number of ether oxygens (including phenoxy) is 1. The lowest BCUT2D eigenvalue weighted by Gasteiger charge is -2.34. The summed E-state index contributed by atoms with van der Waals surface area (Å²) >= 11 is 0. The molecule has 0 aromatic heterocycles. The van der Waals surface area contributed by atoms with E-state index in [4.69, 9.17) is 4.74 Å². The fraction of sp³-hybridized carbons (Fsp3) is 0.310. The van der Waals surface area contributed by atoms with Gasteiger partial charge in [0.15, 0.2) is 0 Å². The molecule has 5 rings (SSSR count). The third-order valence-electron chi connectivity index (χ3n) is 6.84. The zero-order valence-electron chi connectivity index (χ0n) is 19.3. The number of amides is 2. The number of piperidine rings is 1. The average Bonchev–Trinajstić information content (AvgIpc) is 3.18. The Morgan fingerprint density at radius 3 is 2.12 bits per heavy atom. The van der Waals surface area contributed by atoms with Crippen molar-refractivity contribution in [2.45, 2.75) is 37.9 Å². The van der Waals surface area contributed by atoms with Gasteiger partial charge in [-0.05, 0) is 55.0 Å². The van der Waals surface area contributed by atoms with Crippen molar-refractivity contribution in [3.63, 3.8) is 0 Å². The maximum Gasteiger partial charge on any atom is 0.259 e. The SMILES string of the molecule is O=C1NC(=O)c2c(CCCN3CCC(OC(c4ccccc4)c4ccccc4)CC3)cccc21. The molecule has 2 aliphatic rings. The summed E-state index contributed by atoms with van der Waals surface area (Å²) in [5.74, 6) is -0.548. The van der Waals surface area contributed by atoms with Gasteiger partial charge in [-0.3, -0.25) is 14.9 Å². The number of carbonyl (C=O) groups excluding carboxylic acids is 2. The Morgan fingerprint density at radius 1 is 0.824 bits per heavy atom. The van der Waals surface area contributed by atoms with E-state index < -0.39 is 0 Å². The summed E-state index contributed by atoms with van der Waals surface area (Å²) in [5.41, 5.74) is 4.41. The lowest BCUT2D eigenvalue weighted by Crippen LogP contribution is -2.38. The normalized spacial score (nSPS) is 16.6. The molecule has 0 radical (unpaired) electrons. The summed E-state index contributed by atoms with van der Waals surface area (Å²) in [6, 6.07) is 26.5. The lowest BCUT2D eigenvalue weighted by molar-refractivity contribution is -0.0270. The summed E-state index contributed by atoms with van der Waals surface area (Å²) in [5, 5.41) is 2.40. The van der Waals surface area contributed by atoms with E-state index in [-0.39, 0.29) is 24.0 Å². The van der Waals surface area contributed by atoms with E-state index in [1.807, 2.05) is 24.3 Å². The molecule has 1 fully saturated rings. The molecule has 2 aliphatic heterocycles. The maximum atomic E-state index is 12.1. The molecule has 0 atom stereocenters. The molecular formula is C29H30N2O3. The maximum absolute atomic E-state index is 12.1. The van der Waals surface area contributed by atoms with Gasteiger partial charge in [-0.15, -0.1) is 0 Å². The zero-order chi connectivity index (χ0) is 23.3. The Hall–Kier alpha value is -3.28. The molecule has 3 aromatic carbocycles. The summed E-state index contributed by atoms with van der Waals surface area (Å²) in [6.07, 6.45) is 3.95. The second-order valence-corrected chi connectivity index (χ2v) is 9.10. The second-order valence-electron chi connectivity index (χ2n) is 9.10. The molecule has 2 heterocycles. The molecule has 0 spiro atoms. The smallest absolute Gasteiger partial charge is 0.259 e. The molecule has 5 nitrogen and oxygen atoms in total. The summed E-state index contributed by atoms with van der Waals surface area (Å²) in [6.45, 7) is 2.99. The van der Waals surface area contributed by atoms with Crippen LogP contribution in [0.15, 0.2) is 78.9 Å². The second kappa shape index (κ2) is 10.3. The third kappa shape index (κ3) is 4.96. The van der Waals surface area contributed by atoms with Crippen molar-refractivity contribution in [2.24, 2.45) is 0 Å². The molecular weight excluding hydrogens is 424 g/mol. The number of nitrogens with zero attached hydrogens (tertiary/aromatic N) is 1. The highest BCUT2D eigenvalue weighted by Crippen LogP contribution is 2.30. The quantitative estimate of drug-likeness (QED) is 0.498. The van der Waals surface area contributed by atoms with Crippen LogP contribution in [-0.4, -0.2) is 42.5 Å². The molecule has 0 aliphatic carbocycles. The summed E-state index contributed by atoms with van der Waals surface area (Å²) < 4.78 is 6.65. The molecule has 0 bridgehead atoms. The van der Waals surface area contributed by atoms with Gasteiger partial charge in [-0.25, -0.2) is 0 Å². The highest BCUT2D eigenvalue weighted by Gasteiger charge is 2.29. The van der Waals surface area contributed by atoms with Crippen molar-refractivity contribution < 1.29 is 14.3 Å². The number of nitrogens with one attached hydrogen (secondary N) is 1. The van der Waals surface area contributed by atoms with Gasteiger partial charge in [-0.1, -0.05) is 72.8 Å². The minimum absolute atomic E-state index is 0.0482. The van der Waals surface area contributed by atoms with E-state index in [1.54, 1.807) is 6.07 Å². The van der Waals surface area contributed by atoms with Crippen LogP contribution in [-0.2, 0) is 11.2 Å². The van der Waals surface area contributed by atoms with E-state index in [1.165, 1.54) is 11.1 Å². The number of benzene rings is 3. The van der Waals surface area contributed by atoms with Crippen LogP contribution in [0.5, 0.6) is 0 Å². The van der Waals surface area contributed by atoms with Gasteiger partial charge in [0, 0.05) is 13.1 Å². The number of hydrogen-bond donors (Lipinski definition) is 1. The van der Waals surface area contributed by atoms with Crippen molar-refractivity contribution in [3.8, 4) is 0 Å². The molecule has 3 aromatic rings. The van der Waals surface area contributed by atoms with Crippen LogP contribution in [0.3, 0.4) is 0 Å². The number of hydrogen-bond acceptors (Lipinski definition) is 4. The minimum atomic E-state index is -0.284. The number of carbonyl (C=O) groups is 2. The van der Waals surface area contributed by atoms with Crippen LogP contribution in [0.4, 0.5) is 0 Å². The topological polar surface area (TPSA) is 58.6 Å². The van der Waals surface area contributed by atoms with Gasteiger partial charge in [0.1, 0.15) is 6.10 Å². The monoisotopic (exact) mass is 454 g/mol. The predicted octanol–water partition coefficient (Wildman–Crippen LogP) is 4.77. The van der Waals surface area contributed by atoms with E-state index in [2.05, 4.69) is 58.7 Å². The number of aryl methyl sites for hydroxylation is 1. The third-order valence-corrected chi connectivity index (χ3v) is 6.84. The molecule has 174 valence electrons. The first-order chi connectivity index (χ1) is 16.7. The van der Waals surface area contributed by atoms with Gasteiger partial charge in [0.05, 0.1) is 17.2 Å². The molecule has 1 N–H and O–H groups in total. The van der Waals surface area contributed by atoms with Gasteiger partial charge in [0.25, 0.3) is 11.8 Å². The first-order valence-corrected chi connectivity index (χ1v) is 12.1. The predicted molar refractivity (Wildman–Crippen MR) is 132 cm³/mol. The Morgan fingerprint density at radius 2 is 1.47 bits per heavy atom. The van der Waals surface area contributed by atoms with Crippen molar-refractivity contribution in [1.29, 1.82) is 0 Å². The molecule has 1 saturated heterocycles. The summed E-state index contributed by atoms with van der Waals surface area (Å²) in [7, 11) is 0. The molecule has 5 heteroatoms. The van der Waals surface area contributed by atoms with E-state index in [0.29, 0.717) is 11.1 Å². The van der Waals surface area contributed by atoms with Crippen LogP contribution in [0.1, 0.15) is 62.8 Å². The summed E-state index contributed by atoms with van der Waals surface area (Å²) in [4.78, 5) is 26.5. The van der Waals surface area contributed by atoms with Crippen molar-refractivity contribution in [3.05, 3.63) is 107 Å². The first-order valence-electron chi connectivity index (χ1n) is 12.1. The molecule has 0 saturated carbocycles. The zero-order valence-corrected chi connectivity index (χ0v) is 19.3. The van der Waals surface area contributed by atoms with Gasteiger partial charge >= 0.3 is 0 Å². The highest BCUT2D eigenvalue weighted by molar-refractivity contribution is 6.22. The average molecular weight is 455 g/mol. The van der Waals surface area contributed by atoms with Gasteiger partial charge < -0.3 is 9.64 Å². The lowest BCUT2D eigenvalue weighted by atomic mass is 9.98. The standard InChI is InChI=1S/C29H30N2O3/c32-28-25-15-7-13-21(26(25)29(33)30-28)14-8-18-31-19-16-24(17-20-31)34-27(22-9-3-1-4-10-22)23-11-5-2-6-12-23/h1-7,9-13,15,24,27H,8,14,16-20H2,(H,30,32,33). The van der Waals surface area contributed by atoms with Crippen LogP contribution < -0.4 is 5.32 Å². The van der Waals surface area contributed by atoms with Crippen LogP contribution in [0.25, 0.3) is 0 Å². The number of imide groups is 1. The first kappa shape index (κ1) is 22.5. The molecule has 0 unspecified atom stereocenters. The molecule has 34 heavy (non-hydrogen) atoms. The van der Waals surface area contributed by atoms with Crippen molar-refractivity contribution >= 4 is 11.8 Å². The highest BCUT2D eigenvalue weighted by atomic mass is 16.5. The van der Waals surface area contributed by atoms with Gasteiger partial charge in [-0.2, -0.15) is 0 Å². The van der Waals surface area contributed by atoms with Gasteiger partial charge in [0.2, 0.25) is 0 Å². The minimum Gasteiger partial charge on any atom is -0.365 e. The fourth-order valence-corrected chi connectivity index (χ4v) is 5.06. The largest absolute Gasteiger partial charge is 0.365 e. The fourth-order valence-electron chi connectivity index (χ4n) is 5.06. The number of fused-ring (bicyclic) bond motifs is 1. The Balaban J connectivity index is 1.14. The van der Waals surface area contributed by atoms with Crippen LogP contribution >= 0.6 is 0 Å². The Kier molecular flexibility index (Phi) is 6.84. The van der Waals surface area contributed by atoms with E-state index in [9.17, 15) is 9.59 Å². The van der Waals surface area contributed by atoms with E-state index in [0.717, 1.165) is 50.9 Å². The number of likely N-dealkylation sites (tertiary alicyclic amines) is 1. The Labute approximate surface area is 200 Å². The number of rotatable bonds is 8. The van der Waals surface area contributed by atoms with E-state index >= 15 is 0 Å². The van der Waals surface area contributed by atoms with Crippen LogP contribution in [0, 0.1) is 0 Å². The molecule has 2 amide bonds. The Bertz CT molecular complexity index is 1100. The van der Waals surface area contributed by atoms with Crippen molar-refractivity contribution in [1.82, 2.24) is 10.2 Å². The van der Waals surface area contributed by atoms with Crippen molar-refractivity contribution in [2.75, 3.05) is 19.6 Å².